The van der Waals surface area contributed by atoms with Crippen molar-refractivity contribution < 1.29 is 24.2 Å². The molecule has 2 fully saturated rings. The minimum atomic E-state index is -1.08. The lowest BCUT2D eigenvalue weighted by atomic mass is 10.2. The zero-order chi connectivity index (χ0) is 30.8. The lowest BCUT2D eigenvalue weighted by molar-refractivity contribution is -0.143. The van der Waals surface area contributed by atoms with Crippen LogP contribution in [0.1, 0.15) is 56.7 Å². The normalized spacial score (nSPS) is 16.0. The van der Waals surface area contributed by atoms with Crippen LogP contribution in [0.15, 0.2) is 24.5 Å². The first-order valence-electron chi connectivity index (χ1n) is 14.6. The summed E-state index contributed by atoms with van der Waals surface area (Å²) in [6, 6.07) is 4.45. The van der Waals surface area contributed by atoms with Crippen molar-refractivity contribution in [3.05, 3.63) is 41.6 Å². The fourth-order valence-electron chi connectivity index (χ4n) is 4.95. The summed E-state index contributed by atoms with van der Waals surface area (Å²) in [5.74, 6) is -1.66. The quantitative estimate of drug-likeness (QED) is 0.238. The second kappa shape index (κ2) is 15.6. The minimum absolute atomic E-state index is 0.264. The van der Waals surface area contributed by atoms with Crippen molar-refractivity contribution in [2.75, 3.05) is 43.4 Å². The molecule has 0 radical (unpaired) electrons. The molecule has 0 aromatic carbocycles. The zero-order valence-corrected chi connectivity index (χ0v) is 25.4. The van der Waals surface area contributed by atoms with Gasteiger partial charge in [0.2, 0.25) is 5.95 Å². The summed E-state index contributed by atoms with van der Waals surface area (Å²) < 4.78 is 14.7. The van der Waals surface area contributed by atoms with Crippen LogP contribution in [-0.2, 0) is 16.1 Å². The SMILES string of the molecule is CCN1CCN(Cc2ccc(Nc3ncc(F)c(-c4sc(NC5CCCC5)nc4C)n3)nc2)CC1.O=C(O)CCC(=O)O. The number of thiazole rings is 1. The number of pyridine rings is 1. The van der Waals surface area contributed by atoms with Gasteiger partial charge in [-0.15, -0.1) is 0 Å². The van der Waals surface area contributed by atoms with Gasteiger partial charge in [0, 0.05) is 45.0 Å². The maximum absolute atomic E-state index is 14.7. The average Bonchev–Trinajstić information content (AvgIpc) is 3.64. The Morgan fingerprint density at radius 1 is 1.00 bits per heavy atom. The number of carboxylic acid groups (broad SMARTS) is 2. The molecule has 4 N–H and O–H groups in total. The number of piperazine rings is 1. The monoisotopic (exact) mass is 614 g/mol. The number of nitrogens with one attached hydrogen (secondary N) is 2. The van der Waals surface area contributed by atoms with Crippen LogP contribution in [0, 0.1) is 12.7 Å². The summed E-state index contributed by atoms with van der Waals surface area (Å²) in [7, 11) is 0. The van der Waals surface area contributed by atoms with E-state index in [1.54, 1.807) is 0 Å². The van der Waals surface area contributed by atoms with Crippen molar-refractivity contribution in [3.8, 4) is 10.6 Å². The minimum Gasteiger partial charge on any atom is -0.481 e. The molecule has 1 saturated carbocycles. The Hall–Kier alpha value is -3.75. The molecule has 43 heavy (non-hydrogen) atoms. The van der Waals surface area contributed by atoms with Gasteiger partial charge in [0.05, 0.1) is 29.6 Å². The second-order valence-electron chi connectivity index (χ2n) is 10.6. The van der Waals surface area contributed by atoms with E-state index in [0.717, 1.165) is 67.8 Å². The molecular formula is C29H39FN8O4S. The summed E-state index contributed by atoms with van der Waals surface area (Å²) in [5.41, 5.74) is 2.20. The lowest BCUT2D eigenvalue weighted by Gasteiger charge is -2.33. The maximum Gasteiger partial charge on any atom is 0.303 e. The highest BCUT2D eigenvalue weighted by Gasteiger charge is 2.20. The van der Waals surface area contributed by atoms with E-state index in [1.807, 2.05) is 19.2 Å². The largest absolute Gasteiger partial charge is 0.481 e. The van der Waals surface area contributed by atoms with E-state index in [0.29, 0.717) is 17.8 Å². The predicted octanol–water partition coefficient (Wildman–Crippen LogP) is 4.61. The molecule has 0 spiro atoms. The maximum atomic E-state index is 14.7. The van der Waals surface area contributed by atoms with Crippen molar-refractivity contribution in [1.82, 2.24) is 29.7 Å². The van der Waals surface area contributed by atoms with Gasteiger partial charge in [-0.25, -0.2) is 24.3 Å². The van der Waals surface area contributed by atoms with Crippen LogP contribution < -0.4 is 10.6 Å². The number of aliphatic carboxylic acids is 2. The molecule has 1 aliphatic carbocycles. The van der Waals surface area contributed by atoms with Gasteiger partial charge in [0.1, 0.15) is 11.5 Å². The third-order valence-corrected chi connectivity index (χ3v) is 8.47. The number of aromatic nitrogens is 4. The molecule has 14 heteroatoms. The first-order valence-corrected chi connectivity index (χ1v) is 15.4. The summed E-state index contributed by atoms with van der Waals surface area (Å²) in [5, 5.41) is 23.2. The van der Waals surface area contributed by atoms with Gasteiger partial charge in [0.15, 0.2) is 10.9 Å². The van der Waals surface area contributed by atoms with Gasteiger partial charge in [-0.2, -0.15) is 0 Å². The molecule has 2 aliphatic rings. The standard InChI is InChI=1S/C25H33FN8S.C4H6O4/c1-3-33-10-12-34(13-11-33)16-18-8-9-21(27-14-18)31-24-28-15-20(26)22(32-24)23-17(2)29-25(35-23)30-19-6-4-5-7-19;5-3(6)1-2-4(7)8/h8-9,14-15,19H,3-7,10-13,16H2,1-2H3,(H,29,30)(H,27,28,31,32);1-2H2,(H,5,6)(H,7,8). The first kappa shape index (κ1) is 32.2. The molecule has 4 heterocycles. The average molecular weight is 615 g/mol. The van der Waals surface area contributed by atoms with Gasteiger partial charge in [-0.05, 0) is 37.9 Å². The van der Waals surface area contributed by atoms with E-state index in [-0.39, 0.29) is 18.5 Å². The number of hydrogen-bond donors (Lipinski definition) is 4. The Bertz CT molecular complexity index is 1350. The number of anilines is 3. The summed E-state index contributed by atoms with van der Waals surface area (Å²) in [6.45, 7) is 10.5. The van der Waals surface area contributed by atoms with Crippen molar-refractivity contribution in [1.29, 1.82) is 0 Å². The molecule has 0 atom stereocenters. The number of hydrogen-bond acceptors (Lipinski definition) is 11. The van der Waals surface area contributed by atoms with Crippen molar-refractivity contribution in [3.63, 3.8) is 0 Å². The highest BCUT2D eigenvalue weighted by molar-refractivity contribution is 7.19. The molecule has 5 rings (SSSR count). The number of nitrogens with zero attached hydrogens (tertiary/aromatic N) is 6. The van der Waals surface area contributed by atoms with E-state index in [2.05, 4.69) is 53.4 Å². The Balaban J connectivity index is 0.000000467. The van der Waals surface area contributed by atoms with E-state index in [9.17, 15) is 14.0 Å². The topological polar surface area (TPSA) is 157 Å². The molecular weight excluding hydrogens is 575 g/mol. The molecule has 0 unspecified atom stereocenters. The third-order valence-electron chi connectivity index (χ3n) is 7.37. The van der Waals surface area contributed by atoms with Gasteiger partial charge < -0.3 is 25.7 Å². The van der Waals surface area contributed by atoms with E-state index in [1.165, 1.54) is 35.9 Å². The number of aryl methyl sites for hydroxylation is 1. The van der Waals surface area contributed by atoms with Gasteiger partial charge in [-0.3, -0.25) is 14.5 Å². The third kappa shape index (κ3) is 9.90. The van der Waals surface area contributed by atoms with Gasteiger partial charge >= 0.3 is 11.9 Å². The highest BCUT2D eigenvalue weighted by Crippen LogP contribution is 2.35. The summed E-state index contributed by atoms with van der Waals surface area (Å²) in [4.78, 5) is 42.7. The van der Waals surface area contributed by atoms with Crippen molar-refractivity contribution in [2.24, 2.45) is 0 Å². The number of rotatable bonds is 11. The van der Waals surface area contributed by atoms with Crippen LogP contribution in [0.3, 0.4) is 0 Å². The molecule has 0 bridgehead atoms. The zero-order valence-electron chi connectivity index (χ0n) is 24.6. The molecule has 3 aromatic heterocycles. The molecule has 232 valence electrons. The number of halogens is 1. The molecule has 1 aliphatic heterocycles. The molecule has 3 aromatic rings. The van der Waals surface area contributed by atoms with E-state index in [4.69, 9.17) is 10.2 Å². The lowest BCUT2D eigenvalue weighted by Crippen LogP contribution is -2.45. The van der Waals surface area contributed by atoms with Gasteiger partial charge in [-0.1, -0.05) is 37.2 Å². The fraction of sp³-hybridized carbons (Fsp3) is 0.517. The summed E-state index contributed by atoms with van der Waals surface area (Å²) in [6.07, 6.45) is 7.30. The van der Waals surface area contributed by atoms with Crippen LogP contribution in [0.5, 0.6) is 0 Å². The molecule has 12 nitrogen and oxygen atoms in total. The Morgan fingerprint density at radius 2 is 1.67 bits per heavy atom. The van der Waals surface area contributed by atoms with Gasteiger partial charge in [0.25, 0.3) is 0 Å². The molecule has 1 saturated heterocycles. The number of likely N-dealkylation sites (N-methyl/N-ethyl adjacent to an activating group) is 1. The van der Waals surface area contributed by atoms with E-state index >= 15 is 0 Å². The van der Waals surface area contributed by atoms with Crippen LogP contribution in [0.25, 0.3) is 10.6 Å². The van der Waals surface area contributed by atoms with Crippen LogP contribution in [0.2, 0.25) is 0 Å². The first-order chi connectivity index (χ1) is 20.7. The number of carboxylic acids is 2. The molecule has 0 amide bonds. The fourth-order valence-corrected chi connectivity index (χ4v) is 5.99. The van der Waals surface area contributed by atoms with Crippen molar-refractivity contribution in [2.45, 2.75) is 65.0 Å². The second-order valence-corrected chi connectivity index (χ2v) is 11.6. The van der Waals surface area contributed by atoms with Crippen LogP contribution in [0.4, 0.5) is 21.3 Å². The Kier molecular flexibility index (Phi) is 11.7. The van der Waals surface area contributed by atoms with Crippen LogP contribution >= 0.6 is 11.3 Å². The Labute approximate surface area is 254 Å². The van der Waals surface area contributed by atoms with Crippen molar-refractivity contribution >= 4 is 40.2 Å². The Morgan fingerprint density at radius 3 is 2.28 bits per heavy atom. The van der Waals surface area contributed by atoms with Crippen LogP contribution in [-0.4, -0.2) is 90.7 Å². The smallest absolute Gasteiger partial charge is 0.303 e. The van der Waals surface area contributed by atoms with E-state index < -0.39 is 17.8 Å². The highest BCUT2D eigenvalue weighted by atomic mass is 32.1. The summed E-state index contributed by atoms with van der Waals surface area (Å²) >= 11 is 1.44. The number of carbonyl (C=O) groups is 2. The predicted molar refractivity (Wildman–Crippen MR) is 163 cm³/mol.